The number of carbonyl (C=O) groups excluding carboxylic acids is 1. The number of fused-ring (bicyclic) bond motifs is 1. The van der Waals surface area contributed by atoms with E-state index < -0.39 is 10.0 Å². The van der Waals surface area contributed by atoms with Gasteiger partial charge in [0.25, 0.3) is 0 Å². The second kappa shape index (κ2) is 9.93. The van der Waals surface area contributed by atoms with Gasteiger partial charge in [-0.2, -0.15) is 4.31 Å². The van der Waals surface area contributed by atoms with Crippen molar-refractivity contribution in [1.82, 2.24) is 19.2 Å². The van der Waals surface area contributed by atoms with E-state index in [1.807, 2.05) is 42.7 Å². The predicted molar refractivity (Wildman–Crippen MR) is 127 cm³/mol. The normalized spacial score (nSPS) is 12.8. The fourth-order valence-electron chi connectivity index (χ4n) is 3.39. The van der Waals surface area contributed by atoms with E-state index >= 15 is 0 Å². The first-order valence-electron chi connectivity index (χ1n) is 10.3. The Bertz CT molecular complexity index is 1200. The smallest absolute Gasteiger partial charge is 0.243 e. The Morgan fingerprint density at radius 3 is 2.41 bits per heavy atom. The Balaban J connectivity index is 2.17. The van der Waals surface area contributed by atoms with Gasteiger partial charge in [0, 0.05) is 25.8 Å². The number of rotatable bonds is 9. The van der Waals surface area contributed by atoms with Crippen LogP contribution in [0.3, 0.4) is 0 Å². The van der Waals surface area contributed by atoms with E-state index in [4.69, 9.17) is 9.72 Å². The molecule has 2 aromatic carbocycles. The van der Waals surface area contributed by atoms with E-state index in [1.165, 1.54) is 16.1 Å². The van der Waals surface area contributed by atoms with Crippen LogP contribution in [0.15, 0.2) is 52.5 Å². The molecule has 1 unspecified atom stereocenters. The number of nitrogens with one attached hydrogen (secondary N) is 1. The van der Waals surface area contributed by atoms with Crippen LogP contribution in [0.25, 0.3) is 16.7 Å². The first-order chi connectivity index (χ1) is 15.3. The summed E-state index contributed by atoms with van der Waals surface area (Å²) in [6.45, 7) is 6.21. The van der Waals surface area contributed by atoms with Crippen molar-refractivity contribution < 1.29 is 17.9 Å². The van der Waals surface area contributed by atoms with Crippen molar-refractivity contribution in [2.45, 2.75) is 36.1 Å². The van der Waals surface area contributed by atoms with Gasteiger partial charge >= 0.3 is 0 Å². The van der Waals surface area contributed by atoms with Crippen LogP contribution in [0.5, 0.6) is 5.75 Å². The fraction of sp³-hybridized carbons (Fsp3) is 0.364. The Labute approximate surface area is 193 Å². The van der Waals surface area contributed by atoms with Crippen LogP contribution in [-0.4, -0.2) is 60.7 Å². The summed E-state index contributed by atoms with van der Waals surface area (Å²) in [5, 5.41) is 2.86. The van der Waals surface area contributed by atoms with Crippen molar-refractivity contribution in [2.24, 2.45) is 0 Å². The molecule has 0 spiro atoms. The molecule has 3 rings (SSSR count). The third kappa shape index (κ3) is 4.62. The molecule has 3 aromatic rings. The van der Waals surface area contributed by atoms with E-state index in [1.54, 1.807) is 39.3 Å². The monoisotopic (exact) mass is 476 g/mol. The number of aromatic nitrogens is 2. The van der Waals surface area contributed by atoms with E-state index in [0.29, 0.717) is 23.8 Å². The van der Waals surface area contributed by atoms with Crippen LogP contribution in [0.2, 0.25) is 0 Å². The minimum atomic E-state index is -3.61. The van der Waals surface area contributed by atoms with Crippen molar-refractivity contribution in [1.29, 1.82) is 0 Å². The standard InChI is InChI=1S/C22H28N4O4S2/c1-6-25(7-2)32(28,29)18-12-13-20-19(14-18)24-22(31-15(3)21(27)23-4)26(20)16-8-10-17(30-5)11-9-16/h8-15H,6-7H2,1-5H3,(H,23,27). The van der Waals surface area contributed by atoms with Crippen LogP contribution in [-0.2, 0) is 14.8 Å². The highest BCUT2D eigenvalue weighted by Gasteiger charge is 2.24. The SMILES string of the molecule is CCN(CC)S(=O)(=O)c1ccc2c(c1)nc(SC(C)C(=O)NC)n2-c1ccc(OC)cc1. The molecular weight excluding hydrogens is 448 g/mol. The lowest BCUT2D eigenvalue weighted by Gasteiger charge is -2.18. The van der Waals surface area contributed by atoms with Gasteiger partial charge in [0.05, 0.1) is 28.3 Å². The van der Waals surface area contributed by atoms with E-state index in [9.17, 15) is 13.2 Å². The van der Waals surface area contributed by atoms with Gasteiger partial charge < -0.3 is 10.1 Å². The molecule has 0 bridgehead atoms. The molecule has 10 heteroatoms. The fourth-order valence-corrected chi connectivity index (χ4v) is 5.87. The number of nitrogens with zero attached hydrogens (tertiary/aromatic N) is 3. The molecule has 0 saturated heterocycles. The molecule has 0 fully saturated rings. The van der Waals surface area contributed by atoms with Crippen LogP contribution < -0.4 is 10.1 Å². The molecule has 172 valence electrons. The van der Waals surface area contributed by atoms with Crippen molar-refractivity contribution in [3.63, 3.8) is 0 Å². The summed E-state index contributed by atoms with van der Waals surface area (Å²) in [6, 6.07) is 12.4. The van der Waals surface area contributed by atoms with Crippen molar-refractivity contribution >= 4 is 38.7 Å². The Morgan fingerprint density at radius 2 is 1.84 bits per heavy atom. The topological polar surface area (TPSA) is 93.5 Å². The zero-order valence-corrected chi connectivity index (χ0v) is 20.5. The van der Waals surface area contributed by atoms with Gasteiger partial charge in [-0.05, 0) is 49.4 Å². The third-order valence-electron chi connectivity index (χ3n) is 5.17. The van der Waals surface area contributed by atoms with Gasteiger partial charge in [0.2, 0.25) is 15.9 Å². The maximum atomic E-state index is 13.0. The average Bonchev–Trinajstić information content (AvgIpc) is 3.16. The summed E-state index contributed by atoms with van der Waals surface area (Å²) in [7, 11) is -0.417. The number of benzene rings is 2. The lowest BCUT2D eigenvalue weighted by molar-refractivity contribution is -0.119. The molecule has 0 saturated carbocycles. The molecule has 0 radical (unpaired) electrons. The van der Waals surface area contributed by atoms with Gasteiger partial charge in [-0.3, -0.25) is 9.36 Å². The van der Waals surface area contributed by atoms with Crippen LogP contribution in [0.1, 0.15) is 20.8 Å². The van der Waals surface area contributed by atoms with Gasteiger partial charge in [0.15, 0.2) is 5.16 Å². The van der Waals surface area contributed by atoms with Crippen LogP contribution in [0.4, 0.5) is 0 Å². The number of amides is 1. The first kappa shape index (κ1) is 24.1. The second-order valence-electron chi connectivity index (χ2n) is 7.04. The second-order valence-corrected chi connectivity index (χ2v) is 10.3. The molecule has 0 aliphatic rings. The van der Waals surface area contributed by atoms with E-state index in [0.717, 1.165) is 17.0 Å². The van der Waals surface area contributed by atoms with Gasteiger partial charge in [-0.25, -0.2) is 13.4 Å². The molecular formula is C22H28N4O4S2. The largest absolute Gasteiger partial charge is 0.497 e. The average molecular weight is 477 g/mol. The van der Waals surface area contributed by atoms with E-state index in [-0.39, 0.29) is 16.1 Å². The predicted octanol–water partition coefficient (Wildman–Crippen LogP) is 3.29. The highest BCUT2D eigenvalue weighted by molar-refractivity contribution is 8.00. The van der Waals surface area contributed by atoms with Gasteiger partial charge in [-0.1, -0.05) is 25.6 Å². The number of ether oxygens (including phenoxy) is 1. The van der Waals surface area contributed by atoms with Crippen LogP contribution in [0, 0.1) is 0 Å². The molecule has 1 atom stereocenters. The minimum Gasteiger partial charge on any atom is -0.497 e. The summed E-state index contributed by atoms with van der Waals surface area (Å²) in [6.07, 6.45) is 0. The number of imidazole rings is 1. The maximum absolute atomic E-state index is 13.0. The quantitative estimate of drug-likeness (QED) is 0.477. The summed E-state index contributed by atoms with van der Waals surface area (Å²) in [4.78, 5) is 17.0. The minimum absolute atomic E-state index is 0.117. The molecule has 8 nitrogen and oxygen atoms in total. The highest BCUT2D eigenvalue weighted by Crippen LogP contribution is 2.32. The summed E-state index contributed by atoms with van der Waals surface area (Å²) >= 11 is 1.31. The number of methoxy groups -OCH3 is 1. The van der Waals surface area contributed by atoms with Gasteiger partial charge in [0.1, 0.15) is 5.75 Å². The van der Waals surface area contributed by atoms with Gasteiger partial charge in [-0.15, -0.1) is 0 Å². The van der Waals surface area contributed by atoms with Crippen LogP contribution >= 0.6 is 11.8 Å². The lowest BCUT2D eigenvalue weighted by atomic mass is 10.2. The van der Waals surface area contributed by atoms with Crippen molar-refractivity contribution in [3.05, 3.63) is 42.5 Å². The third-order valence-corrected chi connectivity index (χ3v) is 8.26. The molecule has 32 heavy (non-hydrogen) atoms. The number of sulfonamides is 1. The Hall–Kier alpha value is -2.56. The number of carbonyl (C=O) groups is 1. The summed E-state index contributed by atoms with van der Waals surface area (Å²) in [5.74, 6) is 0.604. The van der Waals surface area contributed by atoms with Crippen molar-refractivity contribution in [3.8, 4) is 11.4 Å². The zero-order chi connectivity index (χ0) is 23.5. The molecule has 1 aromatic heterocycles. The Kier molecular flexibility index (Phi) is 7.47. The molecule has 1 heterocycles. The maximum Gasteiger partial charge on any atom is 0.243 e. The first-order valence-corrected chi connectivity index (χ1v) is 12.6. The number of hydrogen-bond acceptors (Lipinski definition) is 6. The molecule has 0 aliphatic carbocycles. The zero-order valence-electron chi connectivity index (χ0n) is 18.8. The van der Waals surface area contributed by atoms with Crippen molar-refractivity contribution in [2.75, 3.05) is 27.2 Å². The number of thioether (sulfide) groups is 1. The lowest BCUT2D eigenvalue weighted by Crippen LogP contribution is -2.30. The van der Waals surface area contributed by atoms with E-state index in [2.05, 4.69) is 5.32 Å². The highest BCUT2D eigenvalue weighted by atomic mass is 32.2. The summed E-state index contributed by atoms with van der Waals surface area (Å²) in [5.41, 5.74) is 2.13. The number of hydrogen-bond donors (Lipinski definition) is 1. The molecule has 1 amide bonds. The molecule has 1 N–H and O–H groups in total. The summed E-state index contributed by atoms with van der Waals surface area (Å²) < 4.78 is 34.6. The Morgan fingerprint density at radius 1 is 1.19 bits per heavy atom. The molecule has 0 aliphatic heterocycles.